The second-order valence-corrected chi connectivity index (χ2v) is 7.25. The van der Waals surface area contributed by atoms with Crippen molar-refractivity contribution in [2.75, 3.05) is 0 Å². The molecule has 3 nitrogen and oxygen atoms in total. The predicted molar refractivity (Wildman–Crippen MR) is 98.2 cm³/mol. The van der Waals surface area contributed by atoms with Crippen molar-refractivity contribution in [1.29, 1.82) is 0 Å². The average Bonchev–Trinajstić information content (AvgIpc) is 2.55. The third kappa shape index (κ3) is 4.51. The van der Waals surface area contributed by atoms with Gasteiger partial charge in [0.25, 0.3) is 0 Å². The molecule has 0 spiro atoms. The minimum Gasteiger partial charge on any atom is -0.332 e. The van der Waals surface area contributed by atoms with Crippen LogP contribution in [0.25, 0.3) is 0 Å². The van der Waals surface area contributed by atoms with Crippen LogP contribution < -0.4 is 10.6 Å². The zero-order valence-electron chi connectivity index (χ0n) is 14.2. The SMILES string of the molecule is CC(NC(=O)NC1(Cc2ccc(Cl)cc2)CCC1)c1ccc(F)cc1. The Morgan fingerprint density at radius 3 is 2.36 bits per heavy atom. The summed E-state index contributed by atoms with van der Waals surface area (Å²) < 4.78 is 13.0. The highest BCUT2D eigenvalue weighted by Gasteiger charge is 2.38. The summed E-state index contributed by atoms with van der Waals surface area (Å²) in [7, 11) is 0. The van der Waals surface area contributed by atoms with E-state index in [-0.39, 0.29) is 23.4 Å². The average molecular weight is 361 g/mol. The van der Waals surface area contributed by atoms with Crippen LogP contribution in [0.3, 0.4) is 0 Å². The Labute approximate surface area is 152 Å². The summed E-state index contributed by atoms with van der Waals surface area (Å²) in [6.07, 6.45) is 3.84. The number of halogens is 2. The molecule has 1 fully saturated rings. The molecule has 0 aromatic heterocycles. The van der Waals surface area contributed by atoms with E-state index in [9.17, 15) is 9.18 Å². The molecule has 1 saturated carbocycles. The van der Waals surface area contributed by atoms with Gasteiger partial charge in [-0.25, -0.2) is 9.18 Å². The van der Waals surface area contributed by atoms with Crippen molar-refractivity contribution in [3.05, 3.63) is 70.5 Å². The predicted octanol–water partition coefficient (Wildman–Crippen LogP) is 5.00. The summed E-state index contributed by atoms with van der Waals surface area (Å²) in [4.78, 5) is 12.4. The fraction of sp³-hybridized carbons (Fsp3) is 0.350. The maximum atomic E-state index is 13.0. The Hall–Kier alpha value is -2.07. The molecular formula is C20H22ClFN2O. The van der Waals surface area contributed by atoms with Gasteiger partial charge in [-0.15, -0.1) is 0 Å². The molecule has 3 rings (SSSR count). The number of urea groups is 1. The number of amides is 2. The van der Waals surface area contributed by atoms with Gasteiger partial charge >= 0.3 is 6.03 Å². The molecule has 25 heavy (non-hydrogen) atoms. The van der Waals surface area contributed by atoms with Crippen molar-refractivity contribution < 1.29 is 9.18 Å². The molecule has 5 heteroatoms. The summed E-state index contributed by atoms with van der Waals surface area (Å²) >= 11 is 5.94. The maximum absolute atomic E-state index is 13.0. The van der Waals surface area contributed by atoms with Crippen LogP contribution >= 0.6 is 11.6 Å². The van der Waals surface area contributed by atoms with Crippen LogP contribution in [0, 0.1) is 5.82 Å². The third-order valence-electron chi connectivity index (χ3n) is 4.86. The van der Waals surface area contributed by atoms with E-state index in [1.54, 1.807) is 12.1 Å². The van der Waals surface area contributed by atoms with E-state index >= 15 is 0 Å². The molecule has 0 aliphatic heterocycles. The quantitative estimate of drug-likeness (QED) is 0.773. The summed E-state index contributed by atoms with van der Waals surface area (Å²) in [6.45, 7) is 1.89. The van der Waals surface area contributed by atoms with E-state index in [4.69, 9.17) is 11.6 Å². The van der Waals surface area contributed by atoms with Crippen molar-refractivity contribution >= 4 is 17.6 Å². The fourth-order valence-electron chi connectivity index (χ4n) is 3.25. The van der Waals surface area contributed by atoms with Crippen LogP contribution in [-0.4, -0.2) is 11.6 Å². The highest BCUT2D eigenvalue weighted by Crippen LogP contribution is 2.35. The largest absolute Gasteiger partial charge is 0.332 e. The van der Waals surface area contributed by atoms with Crippen LogP contribution in [0.15, 0.2) is 48.5 Å². The van der Waals surface area contributed by atoms with Gasteiger partial charge in [-0.3, -0.25) is 0 Å². The van der Waals surface area contributed by atoms with Gasteiger partial charge in [0.05, 0.1) is 6.04 Å². The first-order valence-electron chi connectivity index (χ1n) is 8.54. The molecular weight excluding hydrogens is 339 g/mol. The van der Waals surface area contributed by atoms with Crippen molar-refractivity contribution in [2.24, 2.45) is 0 Å². The van der Waals surface area contributed by atoms with E-state index in [2.05, 4.69) is 10.6 Å². The highest BCUT2D eigenvalue weighted by molar-refractivity contribution is 6.30. The number of nitrogens with one attached hydrogen (secondary N) is 2. The van der Waals surface area contributed by atoms with Gasteiger partial charge in [0.1, 0.15) is 5.82 Å². The number of rotatable bonds is 5. The van der Waals surface area contributed by atoms with Gasteiger partial charge in [0, 0.05) is 10.6 Å². The number of carbonyl (C=O) groups is 1. The minimum atomic E-state index is -0.281. The van der Waals surface area contributed by atoms with Crippen molar-refractivity contribution in [3.8, 4) is 0 Å². The topological polar surface area (TPSA) is 41.1 Å². The summed E-state index contributed by atoms with van der Waals surface area (Å²) in [5.41, 5.74) is 1.84. The fourth-order valence-corrected chi connectivity index (χ4v) is 3.38. The summed E-state index contributed by atoms with van der Waals surface area (Å²) in [5.74, 6) is -0.281. The standard InChI is InChI=1S/C20H22ClFN2O/c1-14(16-5-9-18(22)10-6-16)23-19(25)24-20(11-2-12-20)13-15-3-7-17(21)8-4-15/h3-10,14H,2,11-13H2,1H3,(H2,23,24,25). The zero-order chi connectivity index (χ0) is 17.9. The Morgan fingerprint density at radius 2 is 1.80 bits per heavy atom. The Bertz CT molecular complexity index is 726. The molecule has 0 bridgehead atoms. The van der Waals surface area contributed by atoms with Gasteiger partial charge in [0.2, 0.25) is 0 Å². The lowest BCUT2D eigenvalue weighted by molar-refractivity contribution is 0.174. The van der Waals surface area contributed by atoms with Crippen LogP contribution in [0.5, 0.6) is 0 Å². The van der Waals surface area contributed by atoms with Gasteiger partial charge in [0.15, 0.2) is 0 Å². The van der Waals surface area contributed by atoms with Crippen LogP contribution in [0.1, 0.15) is 43.4 Å². The molecule has 2 amide bonds. The second kappa shape index (κ2) is 7.44. The molecule has 0 heterocycles. The lowest BCUT2D eigenvalue weighted by Crippen LogP contribution is -2.57. The summed E-state index contributed by atoms with van der Waals surface area (Å²) in [6, 6.07) is 13.6. The van der Waals surface area contributed by atoms with Crippen molar-refractivity contribution in [2.45, 2.75) is 44.2 Å². The van der Waals surface area contributed by atoms with Gasteiger partial charge in [-0.05, 0) is 68.0 Å². The maximum Gasteiger partial charge on any atom is 0.315 e. The number of hydrogen-bond donors (Lipinski definition) is 2. The lowest BCUT2D eigenvalue weighted by atomic mass is 9.73. The third-order valence-corrected chi connectivity index (χ3v) is 5.11. The molecule has 0 radical (unpaired) electrons. The first-order chi connectivity index (χ1) is 12.0. The monoisotopic (exact) mass is 360 g/mol. The smallest absolute Gasteiger partial charge is 0.315 e. The van der Waals surface area contributed by atoms with Crippen LogP contribution in [-0.2, 0) is 6.42 Å². The van der Waals surface area contributed by atoms with E-state index < -0.39 is 0 Å². The molecule has 0 saturated heterocycles. The molecule has 1 aliphatic rings. The van der Waals surface area contributed by atoms with Crippen molar-refractivity contribution in [1.82, 2.24) is 10.6 Å². The Morgan fingerprint density at radius 1 is 1.16 bits per heavy atom. The van der Waals surface area contributed by atoms with Crippen LogP contribution in [0.4, 0.5) is 9.18 Å². The van der Waals surface area contributed by atoms with Gasteiger partial charge < -0.3 is 10.6 Å². The molecule has 2 N–H and O–H groups in total. The van der Waals surface area contributed by atoms with Gasteiger partial charge in [-0.2, -0.15) is 0 Å². The van der Waals surface area contributed by atoms with Crippen LogP contribution in [0.2, 0.25) is 5.02 Å². The zero-order valence-corrected chi connectivity index (χ0v) is 14.9. The molecule has 1 aliphatic carbocycles. The van der Waals surface area contributed by atoms with E-state index in [1.807, 2.05) is 31.2 Å². The van der Waals surface area contributed by atoms with E-state index in [0.717, 1.165) is 36.8 Å². The summed E-state index contributed by atoms with van der Waals surface area (Å²) in [5, 5.41) is 6.80. The second-order valence-electron chi connectivity index (χ2n) is 6.81. The van der Waals surface area contributed by atoms with E-state index in [1.165, 1.54) is 12.1 Å². The number of hydrogen-bond acceptors (Lipinski definition) is 1. The lowest BCUT2D eigenvalue weighted by Gasteiger charge is -2.43. The molecule has 2 aromatic rings. The molecule has 1 atom stereocenters. The van der Waals surface area contributed by atoms with E-state index in [0.29, 0.717) is 5.02 Å². The van der Waals surface area contributed by atoms with Gasteiger partial charge in [-0.1, -0.05) is 35.9 Å². The first kappa shape index (κ1) is 17.7. The highest BCUT2D eigenvalue weighted by atomic mass is 35.5. The molecule has 2 aromatic carbocycles. The number of benzene rings is 2. The molecule has 132 valence electrons. The Kier molecular flexibility index (Phi) is 5.28. The Balaban J connectivity index is 1.60. The first-order valence-corrected chi connectivity index (χ1v) is 8.92. The minimum absolute atomic E-state index is 0.187. The number of carbonyl (C=O) groups excluding carboxylic acids is 1. The molecule has 1 unspecified atom stereocenters. The van der Waals surface area contributed by atoms with Crippen molar-refractivity contribution in [3.63, 3.8) is 0 Å². The normalized spacial score (nSPS) is 16.6.